The molecule has 0 N–H and O–H groups in total. The third kappa shape index (κ3) is 3.39. The van der Waals surface area contributed by atoms with Gasteiger partial charge in [0.2, 0.25) is 5.91 Å². The van der Waals surface area contributed by atoms with Crippen molar-refractivity contribution in [3.8, 4) is 0 Å². The van der Waals surface area contributed by atoms with Crippen molar-refractivity contribution in [3.63, 3.8) is 0 Å². The molecule has 0 saturated carbocycles. The van der Waals surface area contributed by atoms with Gasteiger partial charge in [-0.3, -0.25) is 4.79 Å². The molecule has 0 spiro atoms. The molecule has 4 heteroatoms. The Labute approximate surface area is 176 Å². The quantitative estimate of drug-likeness (QED) is 0.492. The van der Waals surface area contributed by atoms with Crippen LogP contribution in [-0.4, -0.2) is 22.0 Å². The van der Waals surface area contributed by atoms with Crippen molar-refractivity contribution in [1.82, 2.24) is 9.55 Å². The monoisotopic (exact) mass is 395 g/mol. The Kier molecular flexibility index (Phi) is 4.83. The highest BCUT2D eigenvalue weighted by Gasteiger charge is 2.24. The van der Waals surface area contributed by atoms with Gasteiger partial charge in [0.1, 0.15) is 12.4 Å². The Bertz CT molecular complexity index is 1220. The molecule has 2 heterocycles. The van der Waals surface area contributed by atoms with E-state index >= 15 is 0 Å². The fraction of sp³-hybridized carbons (Fsp3) is 0.231. The summed E-state index contributed by atoms with van der Waals surface area (Å²) in [7, 11) is 0. The number of rotatable bonds is 4. The molecule has 5 rings (SSSR count). The molecule has 0 radical (unpaired) electrons. The second kappa shape index (κ2) is 7.79. The van der Waals surface area contributed by atoms with Crippen LogP contribution < -0.4 is 4.90 Å². The van der Waals surface area contributed by atoms with Gasteiger partial charge in [-0.25, -0.2) is 4.98 Å². The number of para-hydroxylation sites is 3. The first-order valence-corrected chi connectivity index (χ1v) is 10.6. The van der Waals surface area contributed by atoms with E-state index in [1.54, 1.807) is 0 Å². The van der Waals surface area contributed by atoms with Crippen molar-refractivity contribution >= 4 is 22.6 Å². The van der Waals surface area contributed by atoms with E-state index in [4.69, 9.17) is 4.98 Å². The Hall–Kier alpha value is -3.40. The first-order chi connectivity index (χ1) is 14.7. The summed E-state index contributed by atoms with van der Waals surface area (Å²) < 4.78 is 2.10. The molecule has 4 aromatic rings. The van der Waals surface area contributed by atoms with Gasteiger partial charge in [-0.2, -0.15) is 0 Å². The summed E-state index contributed by atoms with van der Waals surface area (Å²) in [4.78, 5) is 20.3. The number of amides is 1. The van der Waals surface area contributed by atoms with Crippen LogP contribution in [0.4, 0.5) is 5.69 Å². The van der Waals surface area contributed by atoms with Gasteiger partial charge in [0, 0.05) is 18.7 Å². The summed E-state index contributed by atoms with van der Waals surface area (Å²) >= 11 is 0. The fourth-order valence-electron chi connectivity index (χ4n) is 4.43. The molecule has 1 aromatic heterocycles. The molecule has 1 aliphatic rings. The van der Waals surface area contributed by atoms with E-state index in [1.807, 2.05) is 29.2 Å². The molecule has 0 fully saturated rings. The lowest BCUT2D eigenvalue weighted by molar-refractivity contribution is -0.119. The van der Waals surface area contributed by atoms with Crippen LogP contribution in [-0.2, 0) is 24.2 Å². The molecular weight excluding hydrogens is 370 g/mol. The number of imidazole rings is 1. The molecule has 150 valence electrons. The molecule has 30 heavy (non-hydrogen) atoms. The Balaban J connectivity index is 1.51. The number of fused-ring (bicyclic) bond motifs is 2. The van der Waals surface area contributed by atoms with Crippen LogP contribution in [0.15, 0.2) is 72.8 Å². The van der Waals surface area contributed by atoms with E-state index in [0.717, 1.165) is 41.9 Å². The molecule has 0 bridgehead atoms. The summed E-state index contributed by atoms with van der Waals surface area (Å²) in [5.41, 5.74) is 6.75. The van der Waals surface area contributed by atoms with E-state index < -0.39 is 0 Å². The number of aromatic nitrogens is 2. The van der Waals surface area contributed by atoms with E-state index in [1.165, 1.54) is 16.7 Å². The molecule has 1 aliphatic heterocycles. The summed E-state index contributed by atoms with van der Waals surface area (Å²) in [5.74, 6) is 1.06. The zero-order valence-electron chi connectivity index (χ0n) is 17.2. The lowest BCUT2D eigenvalue weighted by Gasteiger charge is -2.30. The van der Waals surface area contributed by atoms with Crippen LogP contribution in [0.25, 0.3) is 11.0 Å². The molecular formula is C26H25N3O. The number of nitrogens with zero attached hydrogens (tertiary/aromatic N) is 3. The highest BCUT2D eigenvalue weighted by Crippen LogP contribution is 2.28. The van der Waals surface area contributed by atoms with Crippen LogP contribution in [0.3, 0.4) is 0 Å². The minimum absolute atomic E-state index is 0.122. The lowest BCUT2D eigenvalue weighted by Crippen LogP contribution is -2.38. The van der Waals surface area contributed by atoms with E-state index in [-0.39, 0.29) is 5.91 Å². The minimum atomic E-state index is 0.122. The second-order valence-corrected chi connectivity index (χ2v) is 7.98. The van der Waals surface area contributed by atoms with Crippen molar-refractivity contribution in [2.75, 3.05) is 11.4 Å². The Morgan fingerprint density at radius 3 is 2.63 bits per heavy atom. The molecule has 0 saturated heterocycles. The van der Waals surface area contributed by atoms with Crippen LogP contribution in [0.1, 0.15) is 28.9 Å². The van der Waals surface area contributed by atoms with Gasteiger partial charge in [0.15, 0.2) is 0 Å². The molecule has 3 aromatic carbocycles. The van der Waals surface area contributed by atoms with Gasteiger partial charge in [0.25, 0.3) is 0 Å². The average molecular weight is 396 g/mol. The van der Waals surface area contributed by atoms with Crippen LogP contribution >= 0.6 is 0 Å². The highest BCUT2D eigenvalue weighted by atomic mass is 16.2. The molecule has 0 unspecified atom stereocenters. The number of hydrogen-bond donors (Lipinski definition) is 0. The zero-order valence-corrected chi connectivity index (χ0v) is 17.2. The standard InChI is InChI=1S/C26H25N3O/c1-19-9-2-3-11-21(19)17-25-27-22-13-5-7-15-24(22)29(25)18-26(30)28-16-8-12-20-10-4-6-14-23(20)28/h2-7,9-11,13-15H,8,12,16-18H2,1H3. The first kappa shape index (κ1) is 18.6. The second-order valence-electron chi connectivity index (χ2n) is 7.98. The third-order valence-electron chi connectivity index (χ3n) is 6.05. The summed E-state index contributed by atoms with van der Waals surface area (Å²) in [5, 5.41) is 0. The first-order valence-electron chi connectivity index (χ1n) is 10.6. The maximum Gasteiger partial charge on any atom is 0.246 e. The highest BCUT2D eigenvalue weighted by molar-refractivity contribution is 5.95. The van der Waals surface area contributed by atoms with Crippen LogP contribution in [0.2, 0.25) is 0 Å². The van der Waals surface area contributed by atoms with Crippen molar-refractivity contribution in [2.24, 2.45) is 0 Å². The van der Waals surface area contributed by atoms with Gasteiger partial charge < -0.3 is 9.47 Å². The van der Waals surface area contributed by atoms with Crippen LogP contribution in [0, 0.1) is 6.92 Å². The van der Waals surface area contributed by atoms with E-state index in [0.29, 0.717) is 13.0 Å². The Morgan fingerprint density at radius 1 is 0.967 bits per heavy atom. The molecule has 1 amide bonds. The minimum Gasteiger partial charge on any atom is -0.318 e. The number of carbonyl (C=O) groups excluding carboxylic acids is 1. The summed E-state index contributed by atoms with van der Waals surface area (Å²) in [6.45, 7) is 3.20. The number of anilines is 1. The number of carbonyl (C=O) groups is 1. The summed E-state index contributed by atoms with van der Waals surface area (Å²) in [6.07, 6.45) is 2.75. The number of hydrogen-bond acceptors (Lipinski definition) is 2. The fourth-order valence-corrected chi connectivity index (χ4v) is 4.43. The maximum atomic E-state index is 13.4. The van der Waals surface area contributed by atoms with Gasteiger partial charge >= 0.3 is 0 Å². The molecule has 4 nitrogen and oxygen atoms in total. The van der Waals surface area contributed by atoms with Crippen molar-refractivity contribution in [2.45, 2.75) is 32.7 Å². The zero-order chi connectivity index (χ0) is 20.5. The number of aryl methyl sites for hydroxylation is 2. The molecule has 0 atom stereocenters. The summed E-state index contributed by atoms with van der Waals surface area (Å²) in [6, 6.07) is 24.7. The van der Waals surface area contributed by atoms with Gasteiger partial charge in [-0.1, -0.05) is 54.6 Å². The maximum absolute atomic E-state index is 13.4. The van der Waals surface area contributed by atoms with E-state index in [9.17, 15) is 4.79 Å². The Morgan fingerprint density at radius 2 is 1.73 bits per heavy atom. The SMILES string of the molecule is Cc1ccccc1Cc1nc2ccccc2n1CC(=O)N1CCCc2ccccc21. The third-order valence-corrected chi connectivity index (χ3v) is 6.05. The number of benzene rings is 3. The normalized spacial score (nSPS) is 13.4. The van der Waals surface area contributed by atoms with E-state index in [2.05, 4.69) is 60.0 Å². The largest absolute Gasteiger partial charge is 0.318 e. The topological polar surface area (TPSA) is 38.1 Å². The predicted octanol–water partition coefficient (Wildman–Crippen LogP) is 4.91. The van der Waals surface area contributed by atoms with Gasteiger partial charge in [-0.15, -0.1) is 0 Å². The van der Waals surface area contributed by atoms with Gasteiger partial charge in [0.05, 0.1) is 11.0 Å². The molecule has 0 aliphatic carbocycles. The van der Waals surface area contributed by atoms with Crippen molar-refractivity contribution in [1.29, 1.82) is 0 Å². The smallest absolute Gasteiger partial charge is 0.246 e. The van der Waals surface area contributed by atoms with Gasteiger partial charge in [-0.05, 0) is 54.7 Å². The lowest BCUT2D eigenvalue weighted by atomic mass is 10.0. The average Bonchev–Trinajstić information content (AvgIpc) is 3.12. The van der Waals surface area contributed by atoms with Crippen molar-refractivity contribution < 1.29 is 4.79 Å². The van der Waals surface area contributed by atoms with Crippen molar-refractivity contribution in [3.05, 3.63) is 95.3 Å². The van der Waals surface area contributed by atoms with Crippen LogP contribution in [0.5, 0.6) is 0 Å². The predicted molar refractivity (Wildman–Crippen MR) is 121 cm³/mol.